The fraction of sp³-hybridized carbons (Fsp3) is 0.120. The topological polar surface area (TPSA) is 72.2 Å². The van der Waals surface area contributed by atoms with Crippen LogP contribution in [0.25, 0.3) is 28.1 Å². The largest absolute Gasteiger partial charge is 0.325 e. The van der Waals surface area contributed by atoms with Crippen LogP contribution in [0.3, 0.4) is 0 Å². The van der Waals surface area contributed by atoms with Gasteiger partial charge in [-0.3, -0.25) is 9.20 Å². The van der Waals surface area contributed by atoms with E-state index in [4.69, 9.17) is 16.6 Å². The van der Waals surface area contributed by atoms with Crippen molar-refractivity contribution in [2.45, 2.75) is 18.9 Å². The molecule has 0 aliphatic rings. The van der Waals surface area contributed by atoms with Crippen LogP contribution in [-0.2, 0) is 4.79 Å². The van der Waals surface area contributed by atoms with Gasteiger partial charge >= 0.3 is 0 Å². The van der Waals surface area contributed by atoms with Gasteiger partial charge in [-0.05, 0) is 43.7 Å². The van der Waals surface area contributed by atoms with E-state index in [0.717, 1.165) is 28.0 Å². The molecule has 1 N–H and O–H groups in total. The predicted octanol–water partition coefficient (Wildman–Crippen LogP) is 5.95. The minimum absolute atomic E-state index is 0.142. The molecule has 1 amide bonds. The highest BCUT2D eigenvalue weighted by atomic mass is 35.5. The molecule has 5 aromatic rings. The zero-order valence-electron chi connectivity index (χ0n) is 18.0. The molecule has 0 fully saturated rings. The molecule has 5 rings (SSSR count). The first-order valence-electron chi connectivity index (χ1n) is 10.4. The number of nitrogens with one attached hydrogen (secondary N) is 1. The lowest BCUT2D eigenvalue weighted by Crippen LogP contribution is -2.15. The highest BCUT2D eigenvalue weighted by molar-refractivity contribution is 8.00. The Hall–Kier alpha value is -3.42. The zero-order valence-corrected chi connectivity index (χ0v) is 19.6. The van der Waals surface area contributed by atoms with Gasteiger partial charge in [-0.2, -0.15) is 0 Å². The molecule has 6 nitrogen and oxygen atoms in total. The summed E-state index contributed by atoms with van der Waals surface area (Å²) in [6, 6.07) is 21.5. The van der Waals surface area contributed by atoms with Crippen molar-refractivity contribution in [3.63, 3.8) is 0 Å². The second-order valence-corrected chi connectivity index (χ2v) is 9.15. The number of para-hydroxylation sites is 2. The van der Waals surface area contributed by atoms with Gasteiger partial charge in [0.1, 0.15) is 5.03 Å². The molecular weight excluding hydrogens is 454 g/mol. The third-order valence-corrected chi connectivity index (χ3v) is 6.51. The van der Waals surface area contributed by atoms with E-state index in [0.29, 0.717) is 21.4 Å². The Morgan fingerprint density at radius 2 is 1.82 bits per heavy atom. The van der Waals surface area contributed by atoms with Crippen LogP contribution in [0.4, 0.5) is 5.69 Å². The van der Waals surface area contributed by atoms with Crippen molar-refractivity contribution in [3.8, 4) is 11.4 Å². The standard InChI is InChI=1S/C25H20ClN5OS/c1-15-7-10-17(11-8-15)23-29-30-24-25(28-19-5-3-4-6-21(19)31(23)24)33-14-22(32)27-20-13-18(26)12-9-16(20)2/h3-13H,14H2,1-2H3,(H,27,32). The Bertz CT molecular complexity index is 1500. The van der Waals surface area contributed by atoms with E-state index >= 15 is 0 Å². The molecule has 3 aromatic carbocycles. The lowest BCUT2D eigenvalue weighted by Gasteiger charge is -2.10. The minimum Gasteiger partial charge on any atom is -0.325 e. The number of aromatic nitrogens is 4. The van der Waals surface area contributed by atoms with Gasteiger partial charge in [0.25, 0.3) is 0 Å². The van der Waals surface area contributed by atoms with Crippen molar-refractivity contribution in [1.29, 1.82) is 0 Å². The monoisotopic (exact) mass is 473 g/mol. The summed E-state index contributed by atoms with van der Waals surface area (Å²) >= 11 is 7.40. The maximum atomic E-state index is 12.7. The maximum Gasteiger partial charge on any atom is 0.234 e. The van der Waals surface area contributed by atoms with Gasteiger partial charge in [-0.25, -0.2) is 4.98 Å². The maximum absolute atomic E-state index is 12.7. The second-order valence-electron chi connectivity index (χ2n) is 7.75. The smallest absolute Gasteiger partial charge is 0.234 e. The molecule has 0 radical (unpaired) electrons. The number of anilines is 1. The average Bonchev–Trinajstić information content (AvgIpc) is 3.26. The first-order valence-corrected chi connectivity index (χ1v) is 11.8. The van der Waals surface area contributed by atoms with Gasteiger partial charge in [0.2, 0.25) is 5.91 Å². The summed E-state index contributed by atoms with van der Waals surface area (Å²) in [5.41, 5.74) is 6.15. The van der Waals surface area contributed by atoms with Gasteiger partial charge in [0.15, 0.2) is 11.5 Å². The van der Waals surface area contributed by atoms with E-state index in [-0.39, 0.29) is 11.7 Å². The fourth-order valence-electron chi connectivity index (χ4n) is 3.59. The third kappa shape index (κ3) is 4.29. The SMILES string of the molecule is Cc1ccc(-c2nnc3c(SCC(=O)Nc4cc(Cl)ccc4C)nc4ccccc4n23)cc1. The summed E-state index contributed by atoms with van der Waals surface area (Å²) < 4.78 is 2.01. The molecule has 0 aliphatic heterocycles. The lowest BCUT2D eigenvalue weighted by atomic mass is 10.1. The normalized spacial score (nSPS) is 11.2. The van der Waals surface area contributed by atoms with Crippen LogP contribution in [0, 0.1) is 13.8 Å². The number of carbonyl (C=O) groups is 1. The molecule has 2 aromatic heterocycles. The number of hydrogen-bond acceptors (Lipinski definition) is 5. The summed E-state index contributed by atoms with van der Waals surface area (Å²) in [5.74, 6) is 0.779. The molecule has 0 saturated heterocycles. The molecule has 0 saturated carbocycles. The van der Waals surface area contributed by atoms with Gasteiger partial charge < -0.3 is 5.32 Å². The van der Waals surface area contributed by atoms with Crippen molar-refractivity contribution in [1.82, 2.24) is 19.6 Å². The Kier molecular flexibility index (Phi) is 5.74. The first kappa shape index (κ1) is 21.4. The first-order chi connectivity index (χ1) is 16.0. The summed E-state index contributed by atoms with van der Waals surface area (Å²) in [7, 11) is 0. The van der Waals surface area contributed by atoms with E-state index < -0.39 is 0 Å². The van der Waals surface area contributed by atoms with Crippen LogP contribution in [0.15, 0.2) is 71.8 Å². The quantitative estimate of drug-likeness (QED) is 0.319. The molecule has 8 heteroatoms. The summed E-state index contributed by atoms with van der Waals surface area (Å²) in [6.07, 6.45) is 0. The number of carbonyl (C=O) groups excluding carboxylic acids is 1. The van der Waals surface area contributed by atoms with E-state index in [1.807, 2.05) is 53.8 Å². The van der Waals surface area contributed by atoms with Crippen LogP contribution in [-0.4, -0.2) is 31.2 Å². The number of rotatable bonds is 5. The number of nitrogens with zero attached hydrogens (tertiary/aromatic N) is 4. The van der Waals surface area contributed by atoms with Gasteiger partial charge in [-0.15, -0.1) is 10.2 Å². The number of halogens is 1. The number of hydrogen-bond donors (Lipinski definition) is 1. The molecule has 0 unspecified atom stereocenters. The Morgan fingerprint density at radius 1 is 1.03 bits per heavy atom. The highest BCUT2D eigenvalue weighted by Gasteiger charge is 2.17. The number of amides is 1. The van der Waals surface area contributed by atoms with Gasteiger partial charge in [0, 0.05) is 16.3 Å². The molecule has 2 heterocycles. The molecule has 0 atom stereocenters. The summed E-state index contributed by atoms with van der Waals surface area (Å²) in [6.45, 7) is 3.98. The van der Waals surface area contributed by atoms with Crippen molar-refractivity contribution < 1.29 is 4.79 Å². The Labute approximate surface area is 200 Å². The van der Waals surface area contributed by atoms with Crippen molar-refractivity contribution in [3.05, 3.63) is 82.9 Å². The Morgan fingerprint density at radius 3 is 2.64 bits per heavy atom. The van der Waals surface area contributed by atoms with Crippen molar-refractivity contribution in [2.75, 3.05) is 11.1 Å². The molecule has 33 heavy (non-hydrogen) atoms. The van der Waals surface area contributed by atoms with E-state index in [1.165, 1.54) is 17.3 Å². The third-order valence-electron chi connectivity index (χ3n) is 5.32. The van der Waals surface area contributed by atoms with Crippen LogP contribution in [0.5, 0.6) is 0 Å². The summed E-state index contributed by atoms with van der Waals surface area (Å²) in [4.78, 5) is 17.4. The van der Waals surface area contributed by atoms with Crippen LogP contribution < -0.4 is 5.32 Å². The van der Waals surface area contributed by atoms with Crippen molar-refractivity contribution in [2.24, 2.45) is 0 Å². The fourth-order valence-corrected chi connectivity index (χ4v) is 4.53. The molecular formula is C25H20ClN5OS. The van der Waals surface area contributed by atoms with Crippen LogP contribution >= 0.6 is 23.4 Å². The van der Waals surface area contributed by atoms with Gasteiger partial charge in [-0.1, -0.05) is 71.4 Å². The predicted molar refractivity (Wildman–Crippen MR) is 134 cm³/mol. The Balaban J connectivity index is 1.50. The minimum atomic E-state index is -0.142. The molecule has 164 valence electrons. The molecule has 0 aliphatic carbocycles. The molecule has 0 bridgehead atoms. The van der Waals surface area contributed by atoms with Crippen LogP contribution in [0.1, 0.15) is 11.1 Å². The van der Waals surface area contributed by atoms with E-state index in [1.54, 1.807) is 12.1 Å². The zero-order chi connectivity index (χ0) is 22.9. The number of aryl methyl sites for hydroxylation is 2. The molecule has 0 spiro atoms. The van der Waals surface area contributed by atoms with Gasteiger partial charge in [0.05, 0.1) is 16.8 Å². The van der Waals surface area contributed by atoms with E-state index in [2.05, 4.69) is 34.6 Å². The average molecular weight is 474 g/mol. The number of fused-ring (bicyclic) bond motifs is 3. The van der Waals surface area contributed by atoms with Crippen molar-refractivity contribution >= 4 is 51.6 Å². The number of thioether (sulfide) groups is 1. The second kappa shape index (κ2) is 8.84. The van der Waals surface area contributed by atoms with E-state index in [9.17, 15) is 4.79 Å². The lowest BCUT2D eigenvalue weighted by molar-refractivity contribution is -0.113. The number of benzene rings is 3. The summed E-state index contributed by atoms with van der Waals surface area (Å²) in [5, 5.41) is 13.1. The van der Waals surface area contributed by atoms with Crippen LogP contribution in [0.2, 0.25) is 5.02 Å². The highest BCUT2D eigenvalue weighted by Crippen LogP contribution is 2.29.